The van der Waals surface area contributed by atoms with Crippen molar-refractivity contribution in [1.82, 2.24) is 4.90 Å². The summed E-state index contributed by atoms with van der Waals surface area (Å²) in [5.41, 5.74) is 0.255. The molecule has 0 spiro atoms. The number of aliphatic carboxylic acids is 1. The number of carboxylic acid groups (broad SMARTS) is 1. The first-order valence-corrected chi connectivity index (χ1v) is 6.28. The molecule has 1 unspecified atom stereocenters. The summed E-state index contributed by atoms with van der Waals surface area (Å²) < 4.78 is 0. The predicted molar refractivity (Wildman–Crippen MR) is 75.4 cm³/mol. The Balaban J connectivity index is 2.88. The molecule has 19 heavy (non-hydrogen) atoms. The molecule has 2 N–H and O–H groups in total. The summed E-state index contributed by atoms with van der Waals surface area (Å²) >= 11 is 17.5. The Kier molecular flexibility index (Phi) is 5.29. The number of likely N-dealkylation sites (N-methyl/N-ethyl adjacent to an activating group) is 1. The largest absolute Gasteiger partial charge is 0.480 e. The number of benzene rings is 1. The maximum absolute atomic E-state index is 11.8. The lowest BCUT2D eigenvalue weighted by Crippen LogP contribution is -2.42. The molecule has 0 saturated heterocycles. The van der Waals surface area contributed by atoms with Crippen molar-refractivity contribution in [1.29, 1.82) is 0 Å². The molecule has 0 aromatic heterocycles. The van der Waals surface area contributed by atoms with Crippen molar-refractivity contribution in [3.05, 3.63) is 27.2 Å². The van der Waals surface area contributed by atoms with Gasteiger partial charge in [0.2, 0.25) is 0 Å². The Morgan fingerprint density at radius 3 is 2.26 bits per heavy atom. The van der Waals surface area contributed by atoms with E-state index in [2.05, 4.69) is 5.32 Å². The molecule has 2 amide bonds. The molecule has 1 atom stereocenters. The van der Waals surface area contributed by atoms with Gasteiger partial charge in [-0.1, -0.05) is 34.8 Å². The van der Waals surface area contributed by atoms with Crippen molar-refractivity contribution in [2.45, 2.75) is 13.0 Å². The number of amides is 2. The summed E-state index contributed by atoms with van der Waals surface area (Å²) in [6, 6.07) is 1.20. The highest BCUT2D eigenvalue weighted by Crippen LogP contribution is 2.32. The van der Waals surface area contributed by atoms with Crippen molar-refractivity contribution < 1.29 is 14.7 Å². The molecule has 8 heteroatoms. The highest BCUT2D eigenvalue weighted by molar-refractivity contribution is 6.44. The summed E-state index contributed by atoms with van der Waals surface area (Å²) in [6.07, 6.45) is 0. The standard InChI is InChI=1S/C11H11Cl3N2O3/c1-5(10(17)18)16(2)11(19)15-9-4-7(13)6(12)3-8(9)14/h3-5H,1-2H3,(H,15,19)(H,17,18). The number of anilines is 1. The number of rotatable bonds is 3. The van der Waals surface area contributed by atoms with E-state index in [4.69, 9.17) is 39.9 Å². The smallest absolute Gasteiger partial charge is 0.326 e. The first-order chi connectivity index (χ1) is 8.73. The van der Waals surface area contributed by atoms with E-state index in [-0.39, 0.29) is 20.8 Å². The number of hydrogen-bond donors (Lipinski definition) is 2. The predicted octanol–water partition coefficient (Wildman–Crippen LogP) is 3.58. The highest BCUT2D eigenvalue weighted by Gasteiger charge is 2.22. The topological polar surface area (TPSA) is 69.6 Å². The Hall–Kier alpha value is -1.17. The van der Waals surface area contributed by atoms with Gasteiger partial charge in [-0.3, -0.25) is 0 Å². The number of carbonyl (C=O) groups is 2. The van der Waals surface area contributed by atoms with Crippen molar-refractivity contribution in [3.63, 3.8) is 0 Å². The molecule has 1 aromatic carbocycles. The van der Waals surface area contributed by atoms with Gasteiger partial charge in [-0.05, 0) is 19.1 Å². The first kappa shape index (κ1) is 15.9. The number of carbonyl (C=O) groups excluding carboxylic acids is 1. The van der Waals surface area contributed by atoms with Crippen LogP contribution in [0.2, 0.25) is 15.1 Å². The van der Waals surface area contributed by atoms with Crippen LogP contribution in [-0.2, 0) is 4.79 Å². The second-order valence-electron chi connectivity index (χ2n) is 3.80. The van der Waals surface area contributed by atoms with Crippen LogP contribution in [0.4, 0.5) is 10.5 Å². The third kappa shape index (κ3) is 3.89. The number of nitrogens with zero attached hydrogens (tertiary/aromatic N) is 1. The molecule has 0 heterocycles. The van der Waals surface area contributed by atoms with E-state index < -0.39 is 18.0 Å². The fraction of sp³-hybridized carbons (Fsp3) is 0.273. The fourth-order valence-corrected chi connectivity index (χ4v) is 1.76. The molecule has 5 nitrogen and oxygen atoms in total. The molecule has 0 saturated carbocycles. The van der Waals surface area contributed by atoms with Gasteiger partial charge in [-0.25, -0.2) is 9.59 Å². The Morgan fingerprint density at radius 1 is 1.21 bits per heavy atom. The molecule has 1 rings (SSSR count). The van der Waals surface area contributed by atoms with E-state index >= 15 is 0 Å². The van der Waals surface area contributed by atoms with Crippen LogP contribution in [-0.4, -0.2) is 35.1 Å². The molecule has 1 aromatic rings. The van der Waals surface area contributed by atoms with Crippen LogP contribution in [0.15, 0.2) is 12.1 Å². The second-order valence-corrected chi connectivity index (χ2v) is 5.02. The molecule has 0 aliphatic rings. The fourth-order valence-electron chi connectivity index (χ4n) is 1.16. The minimum absolute atomic E-state index is 0.208. The quantitative estimate of drug-likeness (QED) is 0.834. The SMILES string of the molecule is CC(C(=O)O)N(C)C(=O)Nc1cc(Cl)c(Cl)cc1Cl. The van der Waals surface area contributed by atoms with Crippen LogP contribution >= 0.6 is 34.8 Å². The van der Waals surface area contributed by atoms with Gasteiger partial charge in [0, 0.05) is 7.05 Å². The van der Waals surface area contributed by atoms with E-state index in [0.717, 1.165) is 4.90 Å². The van der Waals surface area contributed by atoms with Gasteiger partial charge in [-0.15, -0.1) is 0 Å². The van der Waals surface area contributed by atoms with Gasteiger partial charge < -0.3 is 15.3 Å². The average molecular weight is 326 g/mol. The van der Waals surface area contributed by atoms with Gasteiger partial charge in [0.05, 0.1) is 20.8 Å². The van der Waals surface area contributed by atoms with Crippen LogP contribution in [0.3, 0.4) is 0 Å². The van der Waals surface area contributed by atoms with Gasteiger partial charge >= 0.3 is 12.0 Å². The Morgan fingerprint density at radius 2 is 1.74 bits per heavy atom. The third-order valence-electron chi connectivity index (χ3n) is 2.51. The Bertz CT molecular complexity index is 522. The zero-order valence-corrected chi connectivity index (χ0v) is 12.3. The Labute approximate surface area is 125 Å². The zero-order valence-electron chi connectivity index (χ0n) is 10.1. The molecule has 0 radical (unpaired) electrons. The summed E-state index contributed by atoms with van der Waals surface area (Å²) in [5, 5.41) is 12.0. The van der Waals surface area contributed by atoms with Crippen molar-refractivity contribution >= 4 is 52.5 Å². The average Bonchev–Trinajstić information content (AvgIpc) is 2.33. The van der Waals surface area contributed by atoms with E-state index in [1.807, 2.05) is 0 Å². The monoisotopic (exact) mass is 324 g/mol. The van der Waals surface area contributed by atoms with E-state index in [9.17, 15) is 9.59 Å². The molecule has 0 bridgehead atoms. The minimum Gasteiger partial charge on any atom is -0.480 e. The lowest BCUT2D eigenvalue weighted by atomic mass is 10.3. The molecular formula is C11H11Cl3N2O3. The van der Waals surface area contributed by atoms with Gasteiger partial charge in [0.1, 0.15) is 6.04 Å². The van der Waals surface area contributed by atoms with Crippen LogP contribution in [0.1, 0.15) is 6.92 Å². The zero-order chi connectivity index (χ0) is 14.7. The maximum Gasteiger partial charge on any atom is 0.326 e. The maximum atomic E-state index is 11.8. The van der Waals surface area contributed by atoms with Crippen LogP contribution < -0.4 is 5.32 Å². The normalized spacial score (nSPS) is 11.8. The van der Waals surface area contributed by atoms with E-state index in [0.29, 0.717) is 0 Å². The highest BCUT2D eigenvalue weighted by atomic mass is 35.5. The summed E-state index contributed by atoms with van der Waals surface area (Å²) in [4.78, 5) is 23.6. The number of hydrogen-bond acceptors (Lipinski definition) is 2. The molecule has 0 aliphatic heterocycles. The van der Waals surface area contributed by atoms with E-state index in [1.165, 1.54) is 26.1 Å². The van der Waals surface area contributed by atoms with Crippen LogP contribution in [0.25, 0.3) is 0 Å². The third-order valence-corrected chi connectivity index (χ3v) is 3.55. The number of halogens is 3. The summed E-state index contributed by atoms with van der Waals surface area (Å²) in [6.45, 7) is 1.39. The number of nitrogens with one attached hydrogen (secondary N) is 1. The molecule has 0 fully saturated rings. The summed E-state index contributed by atoms with van der Waals surface area (Å²) in [7, 11) is 1.36. The molecular weight excluding hydrogens is 314 g/mol. The van der Waals surface area contributed by atoms with Crippen molar-refractivity contribution in [2.24, 2.45) is 0 Å². The number of urea groups is 1. The lowest BCUT2D eigenvalue weighted by Gasteiger charge is -2.22. The van der Waals surface area contributed by atoms with E-state index in [1.54, 1.807) is 0 Å². The van der Waals surface area contributed by atoms with Gasteiger partial charge in [0.25, 0.3) is 0 Å². The summed E-state index contributed by atoms with van der Waals surface area (Å²) in [5.74, 6) is -1.11. The molecule has 104 valence electrons. The van der Waals surface area contributed by atoms with Crippen LogP contribution in [0, 0.1) is 0 Å². The first-order valence-electron chi connectivity index (χ1n) is 5.15. The van der Waals surface area contributed by atoms with Crippen molar-refractivity contribution in [3.8, 4) is 0 Å². The molecule has 0 aliphatic carbocycles. The second kappa shape index (κ2) is 6.32. The minimum atomic E-state index is -1.11. The van der Waals surface area contributed by atoms with Crippen molar-refractivity contribution in [2.75, 3.05) is 12.4 Å². The van der Waals surface area contributed by atoms with Gasteiger partial charge in [-0.2, -0.15) is 0 Å². The number of carboxylic acids is 1. The van der Waals surface area contributed by atoms with Gasteiger partial charge in [0.15, 0.2) is 0 Å². The lowest BCUT2D eigenvalue weighted by molar-refractivity contribution is -0.141. The van der Waals surface area contributed by atoms with Crippen LogP contribution in [0.5, 0.6) is 0 Å².